The van der Waals surface area contributed by atoms with Crippen LogP contribution in [0.25, 0.3) is 0 Å². The molecule has 6 atom stereocenters. The van der Waals surface area contributed by atoms with Crippen LogP contribution < -0.4 is 15.4 Å². The Hall–Kier alpha value is -3.96. The van der Waals surface area contributed by atoms with Crippen molar-refractivity contribution in [3.05, 3.63) is 76.6 Å². The zero-order chi connectivity index (χ0) is 35.2. The number of hydrogen-bond donors (Lipinski definition) is 2. The third kappa shape index (κ3) is 9.79. The Kier molecular flexibility index (Phi) is 12.3. The first kappa shape index (κ1) is 36.9. The highest BCUT2D eigenvalue weighted by Gasteiger charge is 2.48. The summed E-state index contributed by atoms with van der Waals surface area (Å²) in [6, 6.07) is 10.2. The highest BCUT2D eigenvalue weighted by molar-refractivity contribution is 6.32. The van der Waals surface area contributed by atoms with Gasteiger partial charge in [0, 0.05) is 25.3 Å². The van der Waals surface area contributed by atoms with E-state index in [1.807, 2.05) is 20.8 Å². The van der Waals surface area contributed by atoms with Gasteiger partial charge < -0.3 is 29.6 Å². The number of ether oxygens (including phenoxy) is 4. The van der Waals surface area contributed by atoms with E-state index in [1.165, 1.54) is 25.3 Å². The van der Waals surface area contributed by atoms with Gasteiger partial charge in [0.1, 0.15) is 29.8 Å². The molecule has 10 nitrogen and oxygen atoms in total. The monoisotopic (exact) mass is 686 g/mol. The van der Waals surface area contributed by atoms with E-state index in [0.29, 0.717) is 21.9 Å². The van der Waals surface area contributed by atoms with Gasteiger partial charge in [-0.15, -0.1) is 0 Å². The number of halogens is 2. The lowest BCUT2D eigenvalue weighted by atomic mass is 9.92. The van der Waals surface area contributed by atoms with E-state index in [1.54, 1.807) is 50.3 Å². The normalized spacial score (nSPS) is 26.5. The van der Waals surface area contributed by atoms with E-state index >= 15 is 0 Å². The first-order valence-electron chi connectivity index (χ1n) is 16.1. The number of epoxide rings is 1. The molecule has 48 heavy (non-hydrogen) atoms. The fraction of sp³-hybridized carbons (Fsp3) is 0.500. The van der Waals surface area contributed by atoms with Gasteiger partial charge >= 0.3 is 11.9 Å². The van der Waals surface area contributed by atoms with Crippen LogP contribution in [0, 0.1) is 23.1 Å². The minimum absolute atomic E-state index is 0.0143. The van der Waals surface area contributed by atoms with Gasteiger partial charge in [-0.3, -0.25) is 14.4 Å². The summed E-state index contributed by atoms with van der Waals surface area (Å²) in [6.07, 6.45) is 0.529. The average molecular weight is 687 g/mol. The maximum Gasteiger partial charge on any atom is 0.347 e. The summed E-state index contributed by atoms with van der Waals surface area (Å²) in [5.41, 5.74) is 0.109. The number of carbonyl (C=O) groups excluding carboxylic acids is 4. The number of rotatable bonds is 8. The van der Waals surface area contributed by atoms with Crippen molar-refractivity contribution in [2.24, 2.45) is 17.3 Å². The standard InChI is InChI=1S/C36H44ClFN2O8/c1-20(2)15-29-34(43)46-27(21(3)31-32(48-31)23-9-7-10-24(38)18-23)11-8-12-30(41)40-26(17-22-13-14-28(45-6)25(37)16-22)33(42)39-19-36(4,5)35(44)47-29/h7-10,12-14,16,18,20-21,26-27,29,31-32H,11,15,17,19H2,1-6H3,(H,39,42)(H,40,41)/b12-8+/t21-,26+,27-,29-,31+,32+/m0/s1. The smallest absolute Gasteiger partial charge is 0.347 e. The summed E-state index contributed by atoms with van der Waals surface area (Å²) < 4.78 is 36.8. The second kappa shape index (κ2) is 16.0. The molecule has 0 spiro atoms. The van der Waals surface area contributed by atoms with Gasteiger partial charge in [0.25, 0.3) is 0 Å². The van der Waals surface area contributed by atoms with Gasteiger partial charge in [-0.25, -0.2) is 9.18 Å². The molecule has 2 amide bonds. The van der Waals surface area contributed by atoms with Gasteiger partial charge in [-0.1, -0.05) is 56.6 Å². The zero-order valence-corrected chi connectivity index (χ0v) is 28.8. The number of benzene rings is 2. The molecule has 1 fully saturated rings. The van der Waals surface area contributed by atoms with Crippen LogP contribution in [0.4, 0.5) is 4.39 Å². The molecule has 260 valence electrons. The predicted octanol–water partition coefficient (Wildman–Crippen LogP) is 5.26. The number of carbonyl (C=O) groups is 4. The topological polar surface area (TPSA) is 133 Å². The number of methoxy groups -OCH3 is 1. The zero-order valence-electron chi connectivity index (χ0n) is 28.1. The third-order valence-electron chi connectivity index (χ3n) is 8.46. The van der Waals surface area contributed by atoms with Gasteiger partial charge in [0.15, 0.2) is 6.10 Å². The molecule has 0 unspecified atom stereocenters. The molecule has 2 N–H and O–H groups in total. The maximum atomic E-state index is 13.9. The first-order chi connectivity index (χ1) is 22.7. The van der Waals surface area contributed by atoms with Crippen LogP contribution >= 0.6 is 11.6 Å². The average Bonchev–Trinajstić information content (AvgIpc) is 3.83. The second-order valence-corrected chi connectivity index (χ2v) is 13.8. The number of nitrogens with one attached hydrogen (secondary N) is 2. The molecule has 0 bridgehead atoms. The summed E-state index contributed by atoms with van der Waals surface area (Å²) in [5.74, 6) is -2.79. The number of esters is 2. The van der Waals surface area contributed by atoms with Crippen LogP contribution in [0.2, 0.25) is 5.02 Å². The largest absolute Gasteiger partial charge is 0.495 e. The van der Waals surface area contributed by atoms with Crippen LogP contribution in [-0.2, 0) is 39.8 Å². The summed E-state index contributed by atoms with van der Waals surface area (Å²) in [5, 5.41) is 5.84. The Morgan fingerprint density at radius 1 is 1.06 bits per heavy atom. The molecule has 0 saturated carbocycles. The number of hydrogen-bond acceptors (Lipinski definition) is 8. The SMILES string of the molecule is COc1ccc(C[C@H]2NC(=O)/C=C/C[C@@H]([C@H](C)[C@H]3O[C@@H]3c3cccc(F)c3)OC(=O)[C@H](CC(C)C)OC(=O)C(C)(C)CNC2=O)cc1Cl. The molecule has 4 rings (SSSR count). The lowest BCUT2D eigenvalue weighted by Crippen LogP contribution is -2.51. The highest BCUT2D eigenvalue weighted by atomic mass is 35.5. The van der Waals surface area contributed by atoms with E-state index in [0.717, 1.165) is 0 Å². The molecule has 12 heteroatoms. The molecule has 1 saturated heterocycles. The summed E-state index contributed by atoms with van der Waals surface area (Å²) >= 11 is 6.31. The molecular formula is C36H44ClFN2O8. The Bertz CT molecular complexity index is 1530. The Morgan fingerprint density at radius 2 is 1.81 bits per heavy atom. The molecule has 2 aliphatic heterocycles. The van der Waals surface area contributed by atoms with Crippen molar-refractivity contribution in [2.45, 2.75) is 84.3 Å². The predicted molar refractivity (Wildman–Crippen MR) is 177 cm³/mol. The van der Waals surface area contributed by atoms with Crippen LogP contribution in [0.5, 0.6) is 5.75 Å². The first-order valence-corrected chi connectivity index (χ1v) is 16.5. The Labute approximate surface area is 285 Å². The second-order valence-electron chi connectivity index (χ2n) is 13.4. The van der Waals surface area contributed by atoms with Crippen molar-refractivity contribution >= 4 is 35.4 Å². The molecule has 2 aromatic carbocycles. The molecule has 2 aliphatic rings. The van der Waals surface area contributed by atoms with E-state index in [4.69, 9.17) is 30.5 Å². The van der Waals surface area contributed by atoms with Crippen molar-refractivity contribution in [3.63, 3.8) is 0 Å². The Balaban J connectivity index is 1.61. The third-order valence-corrected chi connectivity index (χ3v) is 8.75. The highest BCUT2D eigenvalue weighted by Crippen LogP contribution is 2.45. The van der Waals surface area contributed by atoms with E-state index in [-0.39, 0.29) is 49.6 Å². The van der Waals surface area contributed by atoms with Crippen LogP contribution in [0.3, 0.4) is 0 Å². The molecule has 0 aliphatic carbocycles. The van der Waals surface area contributed by atoms with Crippen molar-refractivity contribution in [2.75, 3.05) is 13.7 Å². The van der Waals surface area contributed by atoms with E-state index in [9.17, 15) is 23.6 Å². The Morgan fingerprint density at radius 3 is 2.48 bits per heavy atom. The minimum Gasteiger partial charge on any atom is -0.495 e. The number of cyclic esters (lactones) is 2. The van der Waals surface area contributed by atoms with Crippen molar-refractivity contribution < 1.29 is 42.5 Å². The summed E-state index contributed by atoms with van der Waals surface area (Å²) in [6.45, 7) is 8.70. The van der Waals surface area contributed by atoms with Gasteiger partial charge in [0.2, 0.25) is 11.8 Å². The quantitative estimate of drug-likeness (QED) is 0.284. The number of amides is 2. The molecule has 0 aromatic heterocycles. The van der Waals surface area contributed by atoms with E-state index in [2.05, 4.69) is 10.6 Å². The molecule has 0 radical (unpaired) electrons. The lowest BCUT2D eigenvalue weighted by molar-refractivity contribution is -0.179. The van der Waals surface area contributed by atoms with Crippen molar-refractivity contribution in [1.82, 2.24) is 10.6 Å². The van der Waals surface area contributed by atoms with E-state index < -0.39 is 53.5 Å². The summed E-state index contributed by atoms with van der Waals surface area (Å²) in [7, 11) is 1.49. The summed E-state index contributed by atoms with van der Waals surface area (Å²) in [4.78, 5) is 53.6. The van der Waals surface area contributed by atoms with Crippen LogP contribution in [0.15, 0.2) is 54.6 Å². The van der Waals surface area contributed by atoms with Crippen LogP contribution in [-0.4, -0.2) is 61.8 Å². The molecular weight excluding hydrogens is 643 g/mol. The van der Waals surface area contributed by atoms with Crippen molar-refractivity contribution in [3.8, 4) is 5.75 Å². The minimum atomic E-state index is -1.23. The van der Waals surface area contributed by atoms with Gasteiger partial charge in [-0.2, -0.15) is 0 Å². The lowest BCUT2D eigenvalue weighted by Gasteiger charge is -2.29. The van der Waals surface area contributed by atoms with Gasteiger partial charge in [-0.05, 0) is 67.7 Å². The fourth-order valence-corrected chi connectivity index (χ4v) is 5.79. The van der Waals surface area contributed by atoms with Crippen LogP contribution in [0.1, 0.15) is 64.7 Å². The molecule has 2 heterocycles. The molecule has 2 aromatic rings. The maximum absolute atomic E-state index is 13.9. The van der Waals surface area contributed by atoms with Crippen molar-refractivity contribution in [1.29, 1.82) is 0 Å². The van der Waals surface area contributed by atoms with Gasteiger partial charge in [0.05, 0.1) is 23.7 Å². The fourth-order valence-electron chi connectivity index (χ4n) is 5.51.